The maximum Gasteiger partial charge on any atom is 0.272 e. The van der Waals surface area contributed by atoms with Crippen LogP contribution in [0.15, 0.2) is 53.6 Å². The number of halogens is 1. The highest BCUT2D eigenvalue weighted by atomic mass is 127. The first-order valence-corrected chi connectivity index (χ1v) is 6.90. The third kappa shape index (κ3) is 3.64. The topological polar surface area (TPSA) is 41.5 Å². The van der Waals surface area contributed by atoms with Crippen molar-refractivity contribution in [3.63, 3.8) is 0 Å². The van der Waals surface area contributed by atoms with Crippen molar-refractivity contribution in [2.75, 3.05) is 0 Å². The van der Waals surface area contributed by atoms with Gasteiger partial charge in [-0.2, -0.15) is 5.10 Å². The third-order valence-electron chi connectivity index (χ3n) is 2.68. The second-order valence-electron chi connectivity index (χ2n) is 4.04. The summed E-state index contributed by atoms with van der Waals surface area (Å²) in [6.07, 6.45) is 1.66. The zero-order valence-electron chi connectivity index (χ0n) is 10.4. The lowest BCUT2D eigenvalue weighted by atomic mass is 10.1. The Morgan fingerprint density at radius 2 is 1.84 bits per heavy atom. The van der Waals surface area contributed by atoms with Gasteiger partial charge in [-0.05, 0) is 52.8 Å². The molecule has 2 aromatic rings. The number of carbonyl (C=O) groups is 1. The van der Waals surface area contributed by atoms with Crippen LogP contribution in [0, 0.1) is 10.5 Å². The first kappa shape index (κ1) is 13.7. The predicted octanol–water partition coefficient (Wildman–Crippen LogP) is 3.36. The minimum atomic E-state index is -0.199. The molecule has 1 N–H and O–H groups in total. The van der Waals surface area contributed by atoms with Crippen LogP contribution < -0.4 is 5.43 Å². The minimum Gasteiger partial charge on any atom is -0.267 e. The number of carbonyl (C=O) groups excluding carboxylic acids is 1. The number of benzene rings is 2. The van der Waals surface area contributed by atoms with Crippen molar-refractivity contribution >= 4 is 34.7 Å². The summed E-state index contributed by atoms with van der Waals surface area (Å²) in [5.74, 6) is -0.199. The Kier molecular flexibility index (Phi) is 4.68. The van der Waals surface area contributed by atoms with Crippen LogP contribution in [-0.4, -0.2) is 12.1 Å². The number of hydrazone groups is 1. The summed E-state index contributed by atoms with van der Waals surface area (Å²) in [6, 6.07) is 15.3. The van der Waals surface area contributed by atoms with Crippen molar-refractivity contribution in [1.82, 2.24) is 5.43 Å². The third-order valence-corrected chi connectivity index (χ3v) is 3.62. The van der Waals surface area contributed by atoms with E-state index in [0.717, 1.165) is 14.7 Å². The molecular formula is C15H13IN2O. The van der Waals surface area contributed by atoms with Gasteiger partial charge in [0.05, 0.1) is 11.8 Å². The number of nitrogens with zero attached hydrogens (tertiary/aromatic N) is 1. The summed E-state index contributed by atoms with van der Waals surface area (Å²) in [5.41, 5.74) is 5.28. The molecule has 3 nitrogen and oxygen atoms in total. The highest BCUT2D eigenvalue weighted by Crippen LogP contribution is 2.11. The molecule has 0 bridgehead atoms. The predicted molar refractivity (Wildman–Crippen MR) is 85.4 cm³/mol. The largest absolute Gasteiger partial charge is 0.272 e. The Morgan fingerprint density at radius 3 is 2.58 bits per heavy atom. The lowest BCUT2D eigenvalue weighted by Crippen LogP contribution is -2.18. The monoisotopic (exact) mass is 364 g/mol. The first-order valence-electron chi connectivity index (χ1n) is 5.82. The van der Waals surface area contributed by atoms with Gasteiger partial charge >= 0.3 is 0 Å². The molecule has 96 valence electrons. The van der Waals surface area contributed by atoms with E-state index in [1.54, 1.807) is 12.3 Å². The lowest BCUT2D eigenvalue weighted by molar-refractivity contribution is 0.0954. The Balaban J connectivity index is 2.06. The number of aryl methyl sites for hydroxylation is 1. The molecule has 0 saturated carbocycles. The van der Waals surface area contributed by atoms with E-state index in [1.165, 1.54) is 0 Å². The summed E-state index contributed by atoms with van der Waals surface area (Å²) in [7, 11) is 0. The van der Waals surface area contributed by atoms with E-state index in [1.807, 2.05) is 49.4 Å². The molecule has 2 aromatic carbocycles. The van der Waals surface area contributed by atoms with Gasteiger partial charge in [0.15, 0.2) is 0 Å². The Labute approximate surface area is 125 Å². The van der Waals surface area contributed by atoms with E-state index in [0.29, 0.717) is 5.56 Å². The fourth-order valence-corrected chi connectivity index (χ4v) is 2.23. The van der Waals surface area contributed by atoms with Crippen molar-refractivity contribution in [1.29, 1.82) is 0 Å². The van der Waals surface area contributed by atoms with Gasteiger partial charge in [-0.1, -0.05) is 36.4 Å². The smallest absolute Gasteiger partial charge is 0.267 e. The second kappa shape index (κ2) is 6.47. The van der Waals surface area contributed by atoms with Gasteiger partial charge in [-0.15, -0.1) is 0 Å². The van der Waals surface area contributed by atoms with Gasteiger partial charge < -0.3 is 0 Å². The van der Waals surface area contributed by atoms with Crippen LogP contribution in [-0.2, 0) is 0 Å². The Hall–Kier alpha value is -1.69. The van der Waals surface area contributed by atoms with Gasteiger partial charge in [-0.25, -0.2) is 5.43 Å². The molecule has 4 heteroatoms. The Morgan fingerprint density at radius 1 is 1.16 bits per heavy atom. The molecule has 0 heterocycles. The van der Waals surface area contributed by atoms with E-state index < -0.39 is 0 Å². The average Bonchev–Trinajstić information content (AvgIpc) is 2.41. The van der Waals surface area contributed by atoms with E-state index in [-0.39, 0.29) is 5.91 Å². The summed E-state index contributed by atoms with van der Waals surface area (Å²) >= 11 is 2.13. The molecule has 0 spiro atoms. The zero-order valence-corrected chi connectivity index (χ0v) is 12.6. The van der Waals surface area contributed by atoms with Gasteiger partial charge in [0, 0.05) is 3.57 Å². The number of amides is 1. The maximum absolute atomic E-state index is 11.9. The molecule has 1 amide bonds. The van der Waals surface area contributed by atoms with Crippen molar-refractivity contribution < 1.29 is 4.79 Å². The summed E-state index contributed by atoms with van der Waals surface area (Å²) in [5, 5.41) is 3.99. The highest BCUT2D eigenvalue weighted by molar-refractivity contribution is 14.1. The van der Waals surface area contributed by atoms with E-state index in [4.69, 9.17) is 0 Å². The number of nitrogens with one attached hydrogen (secondary N) is 1. The van der Waals surface area contributed by atoms with Crippen molar-refractivity contribution in [2.24, 2.45) is 5.10 Å². The van der Waals surface area contributed by atoms with Gasteiger partial charge in [0.25, 0.3) is 5.91 Å². The van der Waals surface area contributed by atoms with Gasteiger partial charge in [0.2, 0.25) is 0 Å². The summed E-state index contributed by atoms with van der Waals surface area (Å²) < 4.78 is 0.906. The molecule has 0 fully saturated rings. The molecule has 0 aliphatic rings. The number of rotatable bonds is 3. The fraction of sp³-hybridized carbons (Fsp3) is 0.0667. The minimum absolute atomic E-state index is 0.199. The highest BCUT2D eigenvalue weighted by Gasteiger charge is 2.07. The van der Waals surface area contributed by atoms with E-state index in [2.05, 4.69) is 33.1 Å². The molecule has 0 saturated heterocycles. The normalized spacial score (nSPS) is 10.6. The molecule has 0 aromatic heterocycles. The summed E-state index contributed by atoms with van der Waals surface area (Å²) in [4.78, 5) is 11.9. The Bertz CT molecular complexity index is 623. The van der Waals surface area contributed by atoms with Crippen molar-refractivity contribution in [2.45, 2.75) is 6.92 Å². The molecule has 19 heavy (non-hydrogen) atoms. The molecule has 0 atom stereocenters. The first-order chi connectivity index (χ1) is 9.18. The SMILES string of the molecule is Cc1ccccc1/C=N\NC(=O)c1ccccc1I. The molecular weight excluding hydrogens is 351 g/mol. The van der Waals surface area contributed by atoms with E-state index >= 15 is 0 Å². The van der Waals surface area contributed by atoms with Crippen molar-refractivity contribution in [3.05, 3.63) is 68.8 Å². The van der Waals surface area contributed by atoms with Gasteiger partial charge in [-0.3, -0.25) is 4.79 Å². The standard InChI is InChI=1S/C15H13IN2O/c1-11-6-2-3-7-12(11)10-17-18-15(19)13-8-4-5-9-14(13)16/h2-10H,1H3,(H,18,19)/b17-10-. The average molecular weight is 364 g/mol. The zero-order chi connectivity index (χ0) is 13.7. The molecule has 0 unspecified atom stereocenters. The molecule has 0 aliphatic heterocycles. The molecule has 0 radical (unpaired) electrons. The quantitative estimate of drug-likeness (QED) is 0.507. The van der Waals surface area contributed by atoms with Crippen LogP contribution in [0.5, 0.6) is 0 Å². The van der Waals surface area contributed by atoms with Crippen LogP contribution in [0.2, 0.25) is 0 Å². The molecule has 0 aliphatic carbocycles. The van der Waals surface area contributed by atoms with E-state index in [9.17, 15) is 4.79 Å². The van der Waals surface area contributed by atoms with Gasteiger partial charge in [0.1, 0.15) is 0 Å². The molecule has 2 rings (SSSR count). The van der Waals surface area contributed by atoms with Crippen LogP contribution in [0.3, 0.4) is 0 Å². The maximum atomic E-state index is 11.9. The van der Waals surface area contributed by atoms with Crippen molar-refractivity contribution in [3.8, 4) is 0 Å². The summed E-state index contributed by atoms with van der Waals surface area (Å²) in [6.45, 7) is 2.00. The second-order valence-corrected chi connectivity index (χ2v) is 5.20. The van der Waals surface area contributed by atoms with Crippen LogP contribution in [0.4, 0.5) is 0 Å². The lowest BCUT2D eigenvalue weighted by Gasteiger charge is -2.02. The fourth-order valence-electron chi connectivity index (χ4n) is 1.60. The van der Waals surface area contributed by atoms with Crippen LogP contribution in [0.1, 0.15) is 21.5 Å². The van der Waals surface area contributed by atoms with Crippen LogP contribution >= 0.6 is 22.6 Å². The number of hydrogen-bond acceptors (Lipinski definition) is 2. The van der Waals surface area contributed by atoms with Crippen LogP contribution in [0.25, 0.3) is 0 Å². The number of hydrogen-bond donors (Lipinski definition) is 1.